The monoisotopic (exact) mass is 325 g/mol. The van der Waals surface area contributed by atoms with Gasteiger partial charge < -0.3 is 14.9 Å². The molecular formula is C15H15N7O2. The van der Waals surface area contributed by atoms with Gasteiger partial charge in [0.05, 0.1) is 30.0 Å². The third-order valence-corrected chi connectivity index (χ3v) is 4.61. The van der Waals surface area contributed by atoms with Crippen LogP contribution in [-0.4, -0.2) is 61.0 Å². The Morgan fingerprint density at radius 3 is 2.79 bits per heavy atom. The number of anilines is 1. The second-order valence-electron chi connectivity index (χ2n) is 6.08. The SMILES string of the molecule is Cn1cc(-c2ncc(C#N)c(N3C[C@@H]4C[C@H]3CN4C(=O)O)n2)cn1. The fourth-order valence-electron chi connectivity index (χ4n) is 3.51. The molecule has 4 heterocycles. The van der Waals surface area contributed by atoms with E-state index in [1.807, 2.05) is 18.1 Å². The molecule has 2 fully saturated rings. The number of piperazine rings is 1. The summed E-state index contributed by atoms with van der Waals surface area (Å²) in [4.78, 5) is 23.5. The molecule has 0 aromatic carbocycles. The maximum atomic E-state index is 11.2. The van der Waals surface area contributed by atoms with Crippen LogP contribution in [0.4, 0.5) is 10.6 Å². The summed E-state index contributed by atoms with van der Waals surface area (Å²) < 4.78 is 1.67. The summed E-state index contributed by atoms with van der Waals surface area (Å²) in [5.41, 5.74) is 1.18. The molecule has 9 heteroatoms. The Labute approximate surface area is 137 Å². The van der Waals surface area contributed by atoms with Crippen LogP contribution >= 0.6 is 0 Å². The molecule has 4 rings (SSSR count). The van der Waals surface area contributed by atoms with E-state index < -0.39 is 6.09 Å². The van der Waals surface area contributed by atoms with Gasteiger partial charge in [0.15, 0.2) is 11.6 Å². The number of amides is 1. The van der Waals surface area contributed by atoms with Crippen molar-refractivity contribution in [1.82, 2.24) is 24.6 Å². The third kappa shape index (κ3) is 2.15. The second-order valence-corrected chi connectivity index (χ2v) is 6.08. The molecule has 9 nitrogen and oxygen atoms in total. The summed E-state index contributed by atoms with van der Waals surface area (Å²) in [6.07, 6.45) is 4.89. The van der Waals surface area contributed by atoms with Gasteiger partial charge in [0.2, 0.25) is 0 Å². The molecule has 2 atom stereocenters. The van der Waals surface area contributed by atoms with Crippen molar-refractivity contribution in [2.45, 2.75) is 18.5 Å². The van der Waals surface area contributed by atoms with E-state index in [1.54, 1.807) is 10.9 Å². The first kappa shape index (κ1) is 14.4. The average molecular weight is 325 g/mol. The molecule has 2 aliphatic rings. The lowest BCUT2D eigenvalue weighted by Gasteiger charge is -2.33. The van der Waals surface area contributed by atoms with Gasteiger partial charge in [-0.05, 0) is 6.42 Å². The van der Waals surface area contributed by atoms with Crippen LogP contribution in [0, 0.1) is 11.3 Å². The molecule has 0 aliphatic carbocycles. The summed E-state index contributed by atoms with van der Waals surface area (Å²) in [5.74, 6) is 1.08. The number of aromatic nitrogens is 4. The van der Waals surface area contributed by atoms with Gasteiger partial charge in [0.25, 0.3) is 0 Å². The maximum absolute atomic E-state index is 11.2. The first-order chi connectivity index (χ1) is 11.6. The number of carboxylic acid groups (broad SMARTS) is 1. The number of fused-ring (bicyclic) bond motifs is 2. The highest BCUT2D eigenvalue weighted by Crippen LogP contribution is 2.35. The fourth-order valence-corrected chi connectivity index (χ4v) is 3.51. The second kappa shape index (κ2) is 5.19. The van der Waals surface area contributed by atoms with Crippen LogP contribution in [0.5, 0.6) is 0 Å². The number of rotatable bonds is 2. The van der Waals surface area contributed by atoms with Gasteiger partial charge in [0.1, 0.15) is 11.6 Å². The van der Waals surface area contributed by atoms with E-state index in [9.17, 15) is 15.2 Å². The van der Waals surface area contributed by atoms with E-state index in [-0.39, 0.29) is 12.1 Å². The number of hydrogen-bond donors (Lipinski definition) is 1. The molecule has 2 saturated heterocycles. The van der Waals surface area contributed by atoms with Crippen LogP contribution in [0.25, 0.3) is 11.4 Å². The first-order valence-corrected chi connectivity index (χ1v) is 7.59. The van der Waals surface area contributed by atoms with Gasteiger partial charge >= 0.3 is 6.09 Å². The fraction of sp³-hybridized carbons (Fsp3) is 0.400. The minimum atomic E-state index is -0.888. The topological polar surface area (TPSA) is 111 Å². The summed E-state index contributed by atoms with van der Waals surface area (Å²) in [6.45, 7) is 0.992. The zero-order valence-corrected chi connectivity index (χ0v) is 13.0. The number of aryl methyl sites for hydroxylation is 1. The van der Waals surface area contributed by atoms with Crippen molar-refractivity contribution < 1.29 is 9.90 Å². The zero-order chi connectivity index (χ0) is 16.8. The van der Waals surface area contributed by atoms with Crippen LogP contribution in [0.15, 0.2) is 18.6 Å². The van der Waals surface area contributed by atoms with Gasteiger partial charge in [-0.1, -0.05) is 0 Å². The Morgan fingerprint density at radius 1 is 1.38 bits per heavy atom. The van der Waals surface area contributed by atoms with E-state index in [0.717, 1.165) is 12.0 Å². The predicted octanol–water partition coefficient (Wildman–Crippen LogP) is 0.690. The predicted molar refractivity (Wildman–Crippen MR) is 83.2 cm³/mol. The van der Waals surface area contributed by atoms with Crippen LogP contribution in [0.3, 0.4) is 0 Å². The highest BCUT2D eigenvalue weighted by atomic mass is 16.4. The van der Waals surface area contributed by atoms with Crippen molar-refractivity contribution in [2.24, 2.45) is 7.05 Å². The van der Waals surface area contributed by atoms with Gasteiger partial charge in [0, 0.05) is 26.3 Å². The van der Waals surface area contributed by atoms with Gasteiger partial charge in [-0.25, -0.2) is 14.8 Å². The number of nitrogens with zero attached hydrogens (tertiary/aromatic N) is 7. The van der Waals surface area contributed by atoms with Crippen molar-refractivity contribution in [2.75, 3.05) is 18.0 Å². The lowest BCUT2D eigenvalue weighted by Crippen LogP contribution is -2.48. The maximum Gasteiger partial charge on any atom is 0.407 e. The Morgan fingerprint density at radius 2 is 2.21 bits per heavy atom. The van der Waals surface area contributed by atoms with Crippen LogP contribution in [0.1, 0.15) is 12.0 Å². The molecular weight excluding hydrogens is 310 g/mol. The van der Waals surface area contributed by atoms with Gasteiger partial charge in [-0.15, -0.1) is 0 Å². The number of nitriles is 1. The van der Waals surface area contributed by atoms with Crippen molar-refractivity contribution >= 4 is 11.9 Å². The normalized spacial score (nSPS) is 22.0. The highest BCUT2D eigenvalue weighted by Gasteiger charge is 2.46. The van der Waals surface area contributed by atoms with E-state index in [4.69, 9.17) is 0 Å². The van der Waals surface area contributed by atoms with E-state index in [1.165, 1.54) is 11.1 Å². The largest absolute Gasteiger partial charge is 0.465 e. The Balaban J connectivity index is 1.68. The molecule has 2 aromatic heterocycles. The smallest absolute Gasteiger partial charge is 0.407 e. The molecule has 0 saturated carbocycles. The minimum absolute atomic E-state index is 0.0455. The minimum Gasteiger partial charge on any atom is -0.465 e. The molecule has 2 bridgehead atoms. The lowest BCUT2D eigenvalue weighted by molar-refractivity contribution is 0.137. The molecule has 0 unspecified atom stereocenters. The molecule has 24 heavy (non-hydrogen) atoms. The molecule has 1 N–H and O–H groups in total. The molecule has 122 valence electrons. The summed E-state index contributed by atoms with van der Waals surface area (Å²) in [6, 6.07) is 2.14. The molecule has 0 radical (unpaired) electrons. The lowest BCUT2D eigenvalue weighted by atomic mass is 10.2. The molecule has 2 aliphatic heterocycles. The zero-order valence-electron chi connectivity index (χ0n) is 13.0. The average Bonchev–Trinajstić information content (AvgIpc) is 3.29. The Hall–Kier alpha value is -3.15. The number of carbonyl (C=O) groups is 1. The van der Waals surface area contributed by atoms with Crippen LogP contribution in [-0.2, 0) is 7.05 Å². The highest BCUT2D eigenvalue weighted by molar-refractivity contribution is 5.68. The van der Waals surface area contributed by atoms with Gasteiger partial charge in [-0.2, -0.15) is 10.4 Å². The van der Waals surface area contributed by atoms with Crippen LogP contribution in [0.2, 0.25) is 0 Å². The standard InChI is InChI=1S/C15H15N7O2/c1-20-6-10(5-18-20)13-17-4-9(3-16)14(19-13)21-7-12-2-11(21)8-22(12)15(23)24/h4-6,11-12H,2,7-8H2,1H3,(H,23,24)/t11-,12-/m0/s1. The van der Waals surface area contributed by atoms with Crippen molar-refractivity contribution in [3.8, 4) is 17.5 Å². The molecule has 1 amide bonds. The van der Waals surface area contributed by atoms with E-state index >= 15 is 0 Å². The Bertz CT molecular complexity index is 856. The summed E-state index contributed by atoms with van der Waals surface area (Å²) >= 11 is 0. The van der Waals surface area contributed by atoms with E-state index in [2.05, 4.69) is 21.1 Å². The third-order valence-electron chi connectivity index (χ3n) is 4.61. The van der Waals surface area contributed by atoms with Crippen molar-refractivity contribution in [1.29, 1.82) is 5.26 Å². The number of hydrogen-bond acceptors (Lipinski definition) is 6. The quantitative estimate of drug-likeness (QED) is 0.864. The molecule has 2 aromatic rings. The van der Waals surface area contributed by atoms with Gasteiger partial charge in [-0.3, -0.25) is 4.68 Å². The van der Waals surface area contributed by atoms with E-state index in [0.29, 0.717) is 30.3 Å². The number of likely N-dealkylation sites (tertiary alicyclic amines) is 1. The first-order valence-electron chi connectivity index (χ1n) is 7.59. The molecule has 0 spiro atoms. The summed E-state index contributed by atoms with van der Waals surface area (Å²) in [7, 11) is 1.81. The van der Waals surface area contributed by atoms with Crippen LogP contribution < -0.4 is 4.90 Å². The van der Waals surface area contributed by atoms with Crippen molar-refractivity contribution in [3.05, 3.63) is 24.2 Å². The Kier molecular flexibility index (Phi) is 3.13. The van der Waals surface area contributed by atoms with Crippen molar-refractivity contribution in [3.63, 3.8) is 0 Å². The summed E-state index contributed by atoms with van der Waals surface area (Å²) in [5, 5.41) is 22.7.